The van der Waals surface area contributed by atoms with Crippen molar-refractivity contribution in [2.75, 3.05) is 26.0 Å². The third-order valence-corrected chi connectivity index (χ3v) is 2.96. The number of hydrogen-bond acceptors (Lipinski definition) is 5. The van der Waals surface area contributed by atoms with Crippen molar-refractivity contribution in [2.45, 2.75) is 18.8 Å². The van der Waals surface area contributed by atoms with Gasteiger partial charge >= 0.3 is 0 Å². The van der Waals surface area contributed by atoms with E-state index in [9.17, 15) is 4.79 Å². The molecule has 0 radical (unpaired) electrons. The van der Waals surface area contributed by atoms with Crippen LogP contribution in [-0.2, 0) is 4.79 Å². The fourth-order valence-electron chi connectivity index (χ4n) is 1.12. The summed E-state index contributed by atoms with van der Waals surface area (Å²) in [7, 11) is 3.47. The Kier molecular flexibility index (Phi) is 2.86. The number of carbonyl (C=O) groups is 1. The van der Waals surface area contributed by atoms with Crippen molar-refractivity contribution in [3.63, 3.8) is 0 Å². The molecule has 1 saturated carbocycles. The van der Waals surface area contributed by atoms with Crippen LogP contribution in [0.1, 0.15) is 24.6 Å². The van der Waals surface area contributed by atoms with E-state index in [1.165, 1.54) is 24.4 Å². The number of amides is 1. The van der Waals surface area contributed by atoms with Crippen LogP contribution in [0, 0.1) is 0 Å². The predicted octanol–water partition coefficient (Wildman–Crippen LogP) is 0.916. The third-order valence-electron chi connectivity index (χ3n) is 2.27. The molecule has 1 aromatic heterocycles. The van der Waals surface area contributed by atoms with Crippen molar-refractivity contribution in [1.29, 1.82) is 0 Å². The van der Waals surface area contributed by atoms with Crippen LogP contribution in [0.5, 0.6) is 0 Å². The van der Waals surface area contributed by atoms with Crippen molar-refractivity contribution in [3.8, 4) is 0 Å². The van der Waals surface area contributed by atoms with Crippen LogP contribution in [-0.4, -0.2) is 40.8 Å². The summed E-state index contributed by atoms with van der Waals surface area (Å²) < 4.78 is 4.24. The molecule has 0 unspecified atom stereocenters. The van der Waals surface area contributed by atoms with Gasteiger partial charge in [-0.15, -0.1) is 0 Å². The highest BCUT2D eigenvalue weighted by Gasteiger charge is 2.27. The molecule has 0 aliphatic heterocycles. The van der Waals surface area contributed by atoms with Gasteiger partial charge < -0.3 is 10.2 Å². The molecule has 1 heterocycles. The van der Waals surface area contributed by atoms with E-state index in [4.69, 9.17) is 0 Å². The number of nitrogens with one attached hydrogen (secondary N) is 1. The number of aromatic nitrogens is 2. The minimum absolute atomic E-state index is 0.0400. The van der Waals surface area contributed by atoms with Gasteiger partial charge in [-0.1, -0.05) is 0 Å². The quantitative estimate of drug-likeness (QED) is 0.829. The SMILES string of the molecule is CN(C)C(=O)CNc1nc(C2CC2)ns1. The number of anilines is 1. The monoisotopic (exact) mass is 226 g/mol. The van der Waals surface area contributed by atoms with Crippen molar-refractivity contribution < 1.29 is 4.79 Å². The number of likely N-dealkylation sites (N-methyl/N-ethyl adjacent to an activating group) is 1. The van der Waals surface area contributed by atoms with Crippen molar-refractivity contribution >= 4 is 22.6 Å². The van der Waals surface area contributed by atoms with Crippen LogP contribution in [0.15, 0.2) is 0 Å². The molecule has 1 aliphatic rings. The average Bonchev–Trinajstić information content (AvgIpc) is 2.95. The lowest BCUT2D eigenvalue weighted by atomic mass is 10.4. The first kappa shape index (κ1) is 10.4. The Labute approximate surface area is 92.7 Å². The standard InChI is InChI=1S/C9H14N4OS/c1-13(2)7(14)5-10-9-11-8(12-15-9)6-3-4-6/h6H,3-5H2,1-2H3,(H,10,11,12). The fourth-order valence-corrected chi connectivity index (χ4v) is 1.76. The molecule has 0 atom stereocenters. The molecular formula is C9H14N4OS. The van der Waals surface area contributed by atoms with E-state index in [1.54, 1.807) is 19.0 Å². The molecule has 0 spiro atoms. The molecule has 15 heavy (non-hydrogen) atoms. The molecule has 0 bridgehead atoms. The van der Waals surface area contributed by atoms with E-state index in [2.05, 4.69) is 14.7 Å². The van der Waals surface area contributed by atoms with Gasteiger partial charge in [-0.2, -0.15) is 4.37 Å². The van der Waals surface area contributed by atoms with Crippen LogP contribution < -0.4 is 5.32 Å². The lowest BCUT2D eigenvalue weighted by Gasteiger charge is -2.09. The summed E-state index contributed by atoms with van der Waals surface area (Å²) in [5, 5.41) is 3.73. The summed E-state index contributed by atoms with van der Waals surface area (Å²) in [6, 6.07) is 0. The summed E-state index contributed by atoms with van der Waals surface area (Å²) in [4.78, 5) is 17.2. The van der Waals surface area contributed by atoms with E-state index >= 15 is 0 Å². The maximum atomic E-state index is 11.3. The maximum Gasteiger partial charge on any atom is 0.241 e. The first-order chi connectivity index (χ1) is 7.16. The molecule has 6 heteroatoms. The van der Waals surface area contributed by atoms with E-state index in [0.717, 1.165) is 11.0 Å². The Morgan fingerprint density at radius 3 is 2.93 bits per heavy atom. The maximum absolute atomic E-state index is 11.3. The lowest BCUT2D eigenvalue weighted by Crippen LogP contribution is -2.28. The Morgan fingerprint density at radius 1 is 1.60 bits per heavy atom. The molecule has 0 aromatic carbocycles. The zero-order valence-corrected chi connectivity index (χ0v) is 9.67. The Morgan fingerprint density at radius 2 is 2.33 bits per heavy atom. The Bertz CT molecular complexity index is 359. The first-order valence-corrected chi connectivity index (χ1v) is 5.72. The lowest BCUT2D eigenvalue weighted by molar-refractivity contribution is -0.126. The van der Waals surface area contributed by atoms with Gasteiger partial charge in [-0.05, 0) is 12.8 Å². The smallest absolute Gasteiger partial charge is 0.241 e. The van der Waals surface area contributed by atoms with Gasteiger partial charge in [0.25, 0.3) is 0 Å². The molecule has 82 valence electrons. The number of carbonyl (C=O) groups excluding carboxylic acids is 1. The summed E-state index contributed by atoms with van der Waals surface area (Å²) in [6.45, 7) is 0.284. The average molecular weight is 226 g/mol. The van der Waals surface area contributed by atoms with E-state index in [0.29, 0.717) is 5.92 Å². The zero-order chi connectivity index (χ0) is 10.8. The molecule has 2 rings (SSSR count). The van der Waals surface area contributed by atoms with Gasteiger partial charge in [-0.25, -0.2) is 4.98 Å². The third kappa shape index (κ3) is 2.65. The fraction of sp³-hybridized carbons (Fsp3) is 0.667. The minimum Gasteiger partial charge on any atom is -0.351 e. The molecule has 1 aromatic rings. The second kappa shape index (κ2) is 4.14. The van der Waals surface area contributed by atoms with Gasteiger partial charge in [0.2, 0.25) is 11.0 Å². The van der Waals surface area contributed by atoms with Crippen LogP contribution in [0.4, 0.5) is 5.13 Å². The highest BCUT2D eigenvalue weighted by Crippen LogP contribution is 2.39. The highest BCUT2D eigenvalue weighted by molar-refractivity contribution is 7.09. The molecule has 1 N–H and O–H groups in total. The second-order valence-corrected chi connectivity index (χ2v) is 4.63. The van der Waals surface area contributed by atoms with Gasteiger partial charge in [0.15, 0.2) is 0 Å². The van der Waals surface area contributed by atoms with E-state index in [1.807, 2.05) is 0 Å². The summed E-state index contributed by atoms with van der Waals surface area (Å²) in [5.41, 5.74) is 0. The van der Waals surface area contributed by atoms with Crippen LogP contribution >= 0.6 is 11.5 Å². The van der Waals surface area contributed by atoms with Crippen LogP contribution in [0.2, 0.25) is 0 Å². The van der Waals surface area contributed by atoms with Gasteiger partial charge in [0.05, 0.1) is 6.54 Å². The minimum atomic E-state index is 0.0400. The molecule has 0 saturated heterocycles. The summed E-state index contributed by atoms with van der Waals surface area (Å²) >= 11 is 1.33. The predicted molar refractivity (Wildman–Crippen MR) is 59.1 cm³/mol. The normalized spacial score (nSPS) is 15.1. The van der Waals surface area contributed by atoms with Crippen molar-refractivity contribution in [3.05, 3.63) is 5.82 Å². The molecule has 1 aliphatic carbocycles. The number of rotatable bonds is 4. The largest absolute Gasteiger partial charge is 0.351 e. The molecule has 5 nitrogen and oxygen atoms in total. The van der Waals surface area contributed by atoms with E-state index in [-0.39, 0.29) is 12.5 Å². The molecule has 1 amide bonds. The zero-order valence-electron chi connectivity index (χ0n) is 8.86. The van der Waals surface area contributed by atoms with Crippen molar-refractivity contribution in [2.24, 2.45) is 0 Å². The van der Waals surface area contributed by atoms with Crippen LogP contribution in [0.3, 0.4) is 0 Å². The Balaban J connectivity index is 1.85. The van der Waals surface area contributed by atoms with Gasteiger partial charge in [0.1, 0.15) is 5.82 Å². The number of nitrogens with zero attached hydrogens (tertiary/aromatic N) is 3. The van der Waals surface area contributed by atoms with Gasteiger partial charge in [-0.3, -0.25) is 4.79 Å². The van der Waals surface area contributed by atoms with E-state index < -0.39 is 0 Å². The molecule has 1 fully saturated rings. The Hall–Kier alpha value is -1.17. The van der Waals surface area contributed by atoms with Gasteiger partial charge in [0, 0.05) is 31.5 Å². The van der Waals surface area contributed by atoms with Crippen molar-refractivity contribution in [1.82, 2.24) is 14.3 Å². The topological polar surface area (TPSA) is 58.1 Å². The van der Waals surface area contributed by atoms with Crippen LogP contribution in [0.25, 0.3) is 0 Å². The number of hydrogen-bond donors (Lipinski definition) is 1. The second-order valence-electron chi connectivity index (χ2n) is 3.87. The summed E-state index contributed by atoms with van der Waals surface area (Å²) in [5.74, 6) is 1.54. The highest BCUT2D eigenvalue weighted by atomic mass is 32.1. The first-order valence-electron chi connectivity index (χ1n) is 4.94. The molecular weight excluding hydrogens is 212 g/mol. The summed E-state index contributed by atoms with van der Waals surface area (Å²) in [6.07, 6.45) is 2.40.